The predicted molar refractivity (Wildman–Crippen MR) is 62.9 cm³/mol. The summed E-state index contributed by atoms with van der Waals surface area (Å²) >= 11 is 0. The Morgan fingerprint density at radius 2 is 1.84 bits per heavy atom. The van der Waals surface area contributed by atoms with Gasteiger partial charge in [-0.25, -0.2) is 22.0 Å². The molecule has 0 fully saturated rings. The second-order valence-corrected chi connectivity index (χ2v) is 6.53. The van der Waals surface area contributed by atoms with Gasteiger partial charge < -0.3 is 4.74 Å². The Labute approximate surface area is 108 Å². The highest BCUT2D eigenvalue weighted by Gasteiger charge is 2.25. The van der Waals surface area contributed by atoms with Gasteiger partial charge in [-0.15, -0.1) is 0 Å². The van der Waals surface area contributed by atoms with Crippen molar-refractivity contribution in [3.8, 4) is 5.75 Å². The van der Waals surface area contributed by atoms with Gasteiger partial charge in [0.05, 0.1) is 17.7 Å². The van der Waals surface area contributed by atoms with E-state index in [1.807, 2.05) is 0 Å². The highest BCUT2D eigenvalue weighted by molar-refractivity contribution is 7.93. The Hall–Kier alpha value is -1.46. The zero-order valence-corrected chi connectivity index (χ0v) is 11.1. The van der Waals surface area contributed by atoms with Crippen molar-refractivity contribution in [2.75, 3.05) is 11.8 Å². The molecule has 108 valence electrons. The fourth-order valence-electron chi connectivity index (χ4n) is 1.14. The summed E-state index contributed by atoms with van der Waals surface area (Å²) in [7, 11) is -7.89. The topological polar surface area (TPSA) is 116 Å². The SMILES string of the molecule is COc1ccc(S(N)(=O)=O)cc1NS(=O)(=O)C(F)F. The first kappa shape index (κ1) is 15.6. The molecule has 1 aromatic carbocycles. The number of methoxy groups -OCH3 is 1. The Morgan fingerprint density at radius 1 is 1.26 bits per heavy atom. The lowest BCUT2D eigenvalue weighted by Crippen LogP contribution is -2.21. The van der Waals surface area contributed by atoms with Crippen molar-refractivity contribution in [2.24, 2.45) is 5.14 Å². The first-order chi connectivity index (χ1) is 8.58. The molecule has 0 aliphatic heterocycles. The normalized spacial score (nSPS) is 12.5. The van der Waals surface area contributed by atoms with Crippen molar-refractivity contribution in [2.45, 2.75) is 10.7 Å². The molecule has 1 rings (SSSR count). The average Bonchev–Trinajstić information content (AvgIpc) is 2.27. The van der Waals surface area contributed by atoms with Crippen LogP contribution in [0.15, 0.2) is 23.1 Å². The first-order valence-corrected chi connectivity index (χ1v) is 7.68. The van der Waals surface area contributed by atoms with Crippen molar-refractivity contribution in [1.82, 2.24) is 0 Å². The second-order valence-electron chi connectivity index (χ2n) is 3.31. The van der Waals surface area contributed by atoms with E-state index in [-0.39, 0.29) is 5.75 Å². The predicted octanol–water partition coefficient (Wildman–Crippen LogP) is 0.307. The van der Waals surface area contributed by atoms with Crippen LogP contribution in [-0.2, 0) is 20.0 Å². The van der Waals surface area contributed by atoms with E-state index in [4.69, 9.17) is 9.88 Å². The zero-order valence-electron chi connectivity index (χ0n) is 9.50. The molecule has 0 saturated heterocycles. The average molecular weight is 316 g/mol. The first-order valence-electron chi connectivity index (χ1n) is 4.58. The highest BCUT2D eigenvalue weighted by Crippen LogP contribution is 2.28. The van der Waals surface area contributed by atoms with Crippen LogP contribution in [0.25, 0.3) is 0 Å². The van der Waals surface area contributed by atoms with Gasteiger partial charge >= 0.3 is 5.76 Å². The Balaban J connectivity index is 3.33. The number of anilines is 1. The van der Waals surface area contributed by atoms with E-state index in [1.165, 1.54) is 4.72 Å². The van der Waals surface area contributed by atoms with Crippen molar-refractivity contribution >= 4 is 25.7 Å². The lowest BCUT2D eigenvalue weighted by Gasteiger charge is -2.12. The van der Waals surface area contributed by atoms with Crippen molar-refractivity contribution in [3.63, 3.8) is 0 Å². The van der Waals surface area contributed by atoms with E-state index in [9.17, 15) is 25.6 Å². The number of nitrogens with one attached hydrogen (secondary N) is 1. The minimum absolute atomic E-state index is 0.128. The van der Waals surface area contributed by atoms with Gasteiger partial charge in [0, 0.05) is 0 Å². The van der Waals surface area contributed by atoms with Gasteiger partial charge in [0.15, 0.2) is 0 Å². The molecule has 0 bridgehead atoms. The number of benzene rings is 1. The molecule has 0 unspecified atom stereocenters. The van der Waals surface area contributed by atoms with Gasteiger partial charge in [0.25, 0.3) is 10.0 Å². The van der Waals surface area contributed by atoms with Gasteiger partial charge in [0.1, 0.15) is 5.75 Å². The Bertz CT molecular complexity index is 672. The van der Waals surface area contributed by atoms with E-state index in [0.29, 0.717) is 0 Å². The summed E-state index contributed by atoms with van der Waals surface area (Å²) in [5.41, 5.74) is -0.450. The summed E-state index contributed by atoms with van der Waals surface area (Å²) in [6.07, 6.45) is 0. The third-order valence-corrected chi connectivity index (χ3v) is 3.87. The van der Waals surface area contributed by atoms with Crippen LogP contribution in [0.1, 0.15) is 0 Å². The second kappa shape index (κ2) is 5.27. The van der Waals surface area contributed by atoms with Crippen LogP contribution in [0.4, 0.5) is 14.5 Å². The molecule has 0 radical (unpaired) electrons. The number of sulfonamides is 2. The van der Waals surface area contributed by atoms with Crippen molar-refractivity contribution in [1.29, 1.82) is 0 Å². The number of hydrogen-bond donors (Lipinski definition) is 2. The smallest absolute Gasteiger partial charge is 0.355 e. The van der Waals surface area contributed by atoms with Gasteiger partial charge in [0.2, 0.25) is 10.0 Å². The maximum absolute atomic E-state index is 12.2. The molecule has 0 saturated carbocycles. The van der Waals surface area contributed by atoms with E-state index < -0.39 is 36.4 Å². The van der Waals surface area contributed by atoms with E-state index >= 15 is 0 Å². The van der Waals surface area contributed by atoms with Crippen LogP contribution in [0.5, 0.6) is 5.75 Å². The summed E-state index contributed by atoms with van der Waals surface area (Å²) in [5.74, 6) is -3.80. The Morgan fingerprint density at radius 3 is 2.26 bits per heavy atom. The fraction of sp³-hybridized carbons (Fsp3) is 0.250. The van der Waals surface area contributed by atoms with E-state index in [2.05, 4.69) is 0 Å². The molecule has 0 aromatic heterocycles. The maximum Gasteiger partial charge on any atom is 0.355 e. The van der Waals surface area contributed by atoms with E-state index in [0.717, 1.165) is 25.3 Å². The molecule has 7 nitrogen and oxygen atoms in total. The number of halogens is 2. The molecule has 0 spiro atoms. The molecule has 0 atom stereocenters. The van der Waals surface area contributed by atoms with Gasteiger partial charge in [-0.3, -0.25) is 4.72 Å². The molecule has 0 heterocycles. The summed E-state index contributed by atoms with van der Waals surface area (Å²) < 4.78 is 75.0. The van der Waals surface area contributed by atoms with Crippen LogP contribution in [0.2, 0.25) is 0 Å². The molecular weight excluding hydrogens is 306 g/mol. The van der Waals surface area contributed by atoms with Crippen LogP contribution in [0, 0.1) is 0 Å². The molecule has 11 heteroatoms. The van der Waals surface area contributed by atoms with Crippen LogP contribution in [0.3, 0.4) is 0 Å². The van der Waals surface area contributed by atoms with Gasteiger partial charge in [-0.05, 0) is 18.2 Å². The molecule has 3 N–H and O–H groups in total. The third kappa shape index (κ3) is 3.75. The summed E-state index contributed by atoms with van der Waals surface area (Å²) in [6.45, 7) is 0. The molecule has 1 aromatic rings. The number of nitrogens with two attached hydrogens (primary N) is 1. The monoisotopic (exact) mass is 316 g/mol. The largest absolute Gasteiger partial charge is 0.495 e. The van der Waals surface area contributed by atoms with Gasteiger partial charge in [-0.2, -0.15) is 8.78 Å². The number of ether oxygens (including phenoxy) is 1. The van der Waals surface area contributed by atoms with Crippen molar-refractivity contribution in [3.05, 3.63) is 18.2 Å². The van der Waals surface area contributed by atoms with Crippen LogP contribution >= 0.6 is 0 Å². The summed E-state index contributed by atoms with van der Waals surface area (Å²) in [6, 6.07) is 2.92. The van der Waals surface area contributed by atoms with Crippen LogP contribution < -0.4 is 14.6 Å². The number of rotatable bonds is 5. The number of primary sulfonamides is 1. The molecule has 0 amide bonds. The summed E-state index contributed by atoms with van der Waals surface area (Å²) in [5, 5.41) is 4.85. The highest BCUT2D eigenvalue weighted by atomic mass is 32.2. The maximum atomic E-state index is 12.2. The summed E-state index contributed by atoms with van der Waals surface area (Å²) in [4.78, 5) is -0.444. The van der Waals surface area contributed by atoms with E-state index in [1.54, 1.807) is 0 Å². The fourth-order valence-corrected chi connectivity index (χ4v) is 2.24. The molecular formula is C8H10F2N2O5S2. The molecule has 0 aliphatic carbocycles. The lowest BCUT2D eigenvalue weighted by atomic mass is 10.3. The quantitative estimate of drug-likeness (QED) is 0.811. The Kier molecular flexibility index (Phi) is 4.32. The third-order valence-electron chi connectivity index (χ3n) is 1.99. The molecule has 0 aliphatic rings. The number of hydrogen-bond acceptors (Lipinski definition) is 5. The minimum atomic E-state index is -4.95. The van der Waals surface area contributed by atoms with Gasteiger partial charge in [-0.1, -0.05) is 0 Å². The van der Waals surface area contributed by atoms with Crippen LogP contribution in [-0.4, -0.2) is 29.7 Å². The minimum Gasteiger partial charge on any atom is -0.495 e. The number of alkyl halides is 2. The lowest BCUT2D eigenvalue weighted by molar-refractivity contribution is 0.236. The zero-order chi connectivity index (χ0) is 14.8. The standard InChI is InChI=1S/C8H10F2N2O5S2/c1-17-7-3-2-5(18(11,13)14)4-6(7)12-19(15,16)8(9)10/h2-4,8,12H,1H3,(H2,11,13,14). The van der Waals surface area contributed by atoms with Crippen molar-refractivity contribution < 1.29 is 30.4 Å². The molecule has 19 heavy (non-hydrogen) atoms.